The Hall–Kier alpha value is -3.82. The molecular weight excluding hydrogens is 414 g/mol. The summed E-state index contributed by atoms with van der Waals surface area (Å²) in [5.41, 5.74) is 3.20. The Labute approximate surface area is 179 Å². The van der Waals surface area contributed by atoms with Crippen molar-refractivity contribution in [2.75, 3.05) is 0 Å². The largest absolute Gasteiger partial charge is 0.348 e. The lowest BCUT2D eigenvalue weighted by molar-refractivity contribution is 0.0951. The van der Waals surface area contributed by atoms with Gasteiger partial charge in [-0.15, -0.1) is 0 Å². The molecule has 0 fully saturated rings. The Morgan fingerprint density at radius 2 is 1.74 bits per heavy atom. The molecular formula is C22H19N5O3S. The fraction of sp³-hybridized carbons (Fsp3) is 0.0455. The number of pyridine rings is 1. The topological polar surface area (TPSA) is 120 Å². The second kappa shape index (κ2) is 8.50. The summed E-state index contributed by atoms with van der Waals surface area (Å²) >= 11 is 0. The van der Waals surface area contributed by atoms with Gasteiger partial charge in [0.1, 0.15) is 5.69 Å². The number of sulfonamides is 1. The van der Waals surface area contributed by atoms with Crippen LogP contribution in [-0.2, 0) is 16.6 Å². The van der Waals surface area contributed by atoms with Crippen LogP contribution in [0.3, 0.4) is 0 Å². The maximum atomic E-state index is 13.0. The average Bonchev–Trinajstić information content (AvgIpc) is 3.24. The molecule has 1 amide bonds. The van der Waals surface area contributed by atoms with Crippen LogP contribution in [-0.4, -0.2) is 29.1 Å². The van der Waals surface area contributed by atoms with E-state index in [0.717, 1.165) is 16.8 Å². The molecule has 0 aliphatic heterocycles. The quantitative estimate of drug-likeness (QED) is 0.484. The van der Waals surface area contributed by atoms with Crippen LogP contribution in [0.5, 0.6) is 0 Å². The summed E-state index contributed by atoms with van der Waals surface area (Å²) < 4.78 is 24.4. The molecule has 0 radical (unpaired) electrons. The normalized spacial score (nSPS) is 11.3. The second-order valence-electron chi connectivity index (χ2n) is 6.78. The summed E-state index contributed by atoms with van der Waals surface area (Å²) in [6.07, 6.45) is 4.99. The molecule has 0 saturated carbocycles. The van der Waals surface area contributed by atoms with E-state index in [2.05, 4.69) is 15.4 Å². The standard InChI is InChI=1S/C22H19N5O3S/c23-31(29,30)19-10-8-16(9-11-19)13-25-22(28)20-15-27(18-6-2-1-3-7-18)26-21(20)17-5-4-12-24-14-17/h1-12,14-15H,13H2,(H,25,28)(H2,23,29,30). The average molecular weight is 433 g/mol. The number of nitrogens with one attached hydrogen (secondary N) is 1. The predicted molar refractivity (Wildman–Crippen MR) is 116 cm³/mol. The minimum absolute atomic E-state index is 0.0191. The minimum Gasteiger partial charge on any atom is -0.348 e. The summed E-state index contributed by atoms with van der Waals surface area (Å²) in [4.78, 5) is 17.1. The summed E-state index contributed by atoms with van der Waals surface area (Å²) in [6, 6.07) is 19.1. The molecule has 8 nitrogen and oxygen atoms in total. The van der Waals surface area contributed by atoms with Gasteiger partial charge in [-0.05, 0) is 42.0 Å². The van der Waals surface area contributed by atoms with Crippen molar-refractivity contribution in [3.63, 3.8) is 0 Å². The molecule has 3 N–H and O–H groups in total. The number of amides is 1. The fourth-order valence-corrected chi connectivity index (χ4v) is 3.56. The van der Waals surface area contributed by atoms with E-state index < -0.39 is 10.0 Å². The van der Waals surface area contributed by atoms with Gasteiger partial charge in [0.2, 0.25) is 10.0 Å². The highest BCUT2D eigenvalue weighted by atomic mass is 32.2. The van der Waals surface area contributed by atoms with Crippen molar-refractivity contribution < 1.29 is 13.2 Å². The predicted octanol–water partition coefficient (Wildman–Crippen LogP) is 2.51. The SMILES string of the molecule is NS(=O)(=O)c1ccc(CNC(=O)c2cn(-c3ccccc3)nc2-c2cccnc2)cc1. The lowest BCUT2D eigenvalue weighted by atomic mass is 10.1. The molecule has 0 bridgehead atoms. The van der Waals surface area contributed by atoms with E-state index in [1.807, 2.05) is 36.4 Å². The zero-order valence-electron chi connectivity index (χ0n) is 16.3. The number of benzene rings is 2. The van der Waals surface area contributed by atoms with Gasteiger partial charge < -0.3 is 5.32 Å². The number of rotatable bonds is 6. The minimum atomic E-state index is -3.76. The number of primary sulfonamides is 1. The highest BCUT2D eigenvalue weighted by Crippen LogP contribution is 2.23. The van der Waals surface area contributed by atoms with Crippen molar-refractivity contribution in [3.05, 3.63) is 96.4 Å². The van der Waals surface area contributed by atoms with E-state index in [0.29, 0.717) is 11.3 Å². The molecule has 2 aromatic heterocycles. The summed E-state index contributed by atoms with van der Waals surface area (Å²) in [7, 11) is -3.76. The second-order valence-corrected chi connectivity index (χ2v) is 8.35. The van der Waals surface area contributed by atoms with Crippen LogP contribution < -0.4 is 10.5 Å². The van der Waals surface area contributed by atoms with Gasteiger partial charge in [0.05, 0.1) is 16.1 Å². The number of para-hydroxylation sites is 1. The molecule has 4 aromatic rings. The number of nitrogens with zero attached hydrogens (tertiary/aromatic N) is 3. The zero-order chi connectivity index (χ0) is 21.8. The number of hydrogen-bond acceptors (Lipinski definition) is 5. The van der Waals surface area contributed by atoms with Crippen LogP contribution in [0.1, 0.15) is 15.9 Å². The van der Waals surface area contributed by atoms with Gasteiger partial charge >= 0.3 is 0 Å². The van der Waals surface area contributed by atoms with Crippen LogP contribution in [0.4, 0.5) is 0 Å². The molecule has 2 heterocycles. The Bertz CT molecular complexity index is 1300. The lowest BCUT2D eigenvalue weighted by Crippen LogP contribution is -2.23. The Kier molecular flexibility index (Phi) is 5.61. The first-order chi connectivity index (χ1) is 14.9. The third-order valence-electron chi connectivity index (χ3n) is 4.62. The van der Waals surface area contributed by atoms with Crippen molar-refractivity contribution in [1.29, 1.82) is 0 Å². The highest BCUT2D eigenvalue weighted by molar-refractivity contribution is 7.89. The van der Waals surface area contributed by atoms with Crippen molar-refractivity contribution in [2.24, 2.45) is 5.14 Å². The monoisotopic (exact) mass is 433 g/mol. The maximum absolute atomic E-state index is 13.0. The van der Waals surface area contributed by atoms with Crippen LogP contribution in [0.25, 0.3) is 16.9 Å². The molecule has 9 heteroatoms. The summed E-state index contributed by atoms with van der Waals surface area (Å²) in [5.74, 6) is -0.309. The van der Waals surface area contributed by atoms with E-state index in [1.165, 1.54) is 12.1 Å². The van der Waals surface area contributed by atoms with E-state index >= 15 is 0 Å². The van der Waals surface area contributed by atoms with Gasteiger partial charge in [-0.3, -0.25) is 9.78 Å². The van der Waals surface area contributed by atoms with Crippen molar-refractivity contribution >= 4 is 15.9 Å². The Balaban J connectivity index is 1.60. The fourth-order valence-electron chi connectivity index (χ4n) is 3.04. The smallest absolute Gasteiger partial charge is 0.255 e. The Morgan fingerprint density at radius 3 is 2.39 bits per heavy atom. The maximum Gasteiger partial charge on any atom is 0.255 e. The molecule has 0 spiro atoms. The van der Waals surface area contributed by atoms with Gasteiger partial charge in [-0.2, -0.15) is 5.10 Å². The van der Waals surface area contributed by atoms with Gasteiger partial charge in [0.15, 0.2) is 0 Å². The van der Waals surface area contributed by atoms with Crippen LogP contribution >= 0.6 is 0 Å². The molecule has 0 aliphatic carbocycles. The number of hydrogen-bond donors (Lipinski definition) is 2. The van der Waals surface area contributed by atoms with Crippen LogP contribution in [0.15, 0.2) is 90.2 Å². The summed E-state index contributed by atoms with van der Waals surface area (Å²) in [6.45, 7) is 0.215. The van der Waals surface area contributed by atoms with E-state index in [-0.39, 0.29) is 17.3 Å². The molecule has 0 unspecified atom stereocenters. The molecule has 156 valence electrons. The number of carbonyl (C=O) groups is 1. The van der Waals surface area contributed by atoms with Gasteiger partial charge in [0.25, 0.3) is 5.91 Å². The van der Waals surface area contributed by atoms with Crippen molar-refractivity contribution in [3.8, 4) is 16.9 Å². The number of nitrogens with two attached hydrogens (primary N) is 1. The third kappa shape index (κ3) is 4.68. The van der Waals surface area contributed by atoms with Crippen molar-refractivity contribution in [2.45, 2.75) is 11.4 Å². The third-order valence-corrected chi connectivity index (χ3v) is 5.55. The molecule has 0 aliphatic rings. The van der Waals surface area contributed by atoms with E-state index in [4.69, 9.17) is 5.14 Å². The lowest BCUT2D eigenvalue weighted by Gasteiger charge is -2.06. The molecule has 4 rings (SSSR count). The number of carbonyl (C=O) groups excluding carboxylic acids is 1. The highest BCUT2D eigenvalue weighted by Gasteiger charge is 2.19. The first-order valence-corrected chi connectivity index (χ1v) is 10.9. The first kappa shape index (κ1) is 20.5. The summed E-state index contributed by atoms with van der Waals surface area (Å²) in [5, 5.41) is 12.6. The molecule has 0 saturated heterocycles. The van der Waals surface area contributed by atoms with Gasteiger partial charge in [-0.25, -0.2) is 18.2 Å². The van der Waals surface area contributed by atoms with E-state index in [1.54, 1.807) is 41.5 Å². The van der Waals surface area contributed by atoms with E-state index in [9.17, 15) is 13.2 Å². The zero-order valence-corrected chi connectivity index (χ0v) is 17.2. The molecule has 2 aromatic carbocycles. The van der Waals surface area contributed by atoms with Crippen LogP contribution in [0, 0.1) is 0 Å². The van der Waals surface area contributed by atoms with Gasteiger partial charge in [-0.1, -0.05) is 30.3 Å². The molecule has 0 atom stereocenters. The van der Waals surface area contributed by atoms with Crippen LogP contribution in [0.2, 0.25) is 0 Å². The molecule has 31 heavy (non-hydrogen) atoms. The Morgan fingerprint density at radius 1 is 1.00 bits per heavy atom. The van der Waals surface area contributed by atoms with Crippen molar-refractivity contribution in [1.82, 2.24) is 20.1 Å². The first-order valence-electron chi connectivity index (χ1n) is 9.37. The van der Waals surface area contributed by atoms with Gasteiger partial charge in [0, 0.05) is 30.7 Å². The number of aromatic nitrogens is 3.